The van der Waals surface area contributed by atoms with Gasteiger partial charge in [0.05, 0.1) is 11.3 Å². The van der Waals surface area contributed by atoms with Gasteiger partial charge in [0.15, 0.2) is 0 Å². The van der Waals surface area contributed by atoms with Gasteiger partial charge in [-0.25, -0.2) is 0 Å². The van der Waals surface area contributed by atoms with E-state index in [9.17, 15) is 14.9 Å². The number of carbonyl (C=O) groups excluding carboxylic acids is 2. The highest BCUT2D eigenvalue weighted by atomic mass is 16.2. The highest BCUT2D eigenvalue weighted by molar-refractivity contribution is 5.99. The smallest absolute Gasteiger partial charge is 0.254 e. The second kappa shape index (κ2) is 8.22. The lowest BCUT2D eigenvalue weighted by molar-refractivity contribution is -0.140. The summed E-state index contributed by atoms with van der Waals surface area (Å²) in [5.41, 5.74) is 2.20. The fourth-order valence-electron chi connectivity index (χ4n) is 3.52. The highest BCUT2D eigenvalue weighted by Crippen LogP contribution is 2.23. The third-order valence-electron chi connectivity index (χ3n) is 4.90. The average Bonchev–Trinajstić information content (AvgIpc) is 2.71. The first-order chi connectivity index (χ1) is 13.4. The van der Waals surface area contributed by atoms with Crippen LogP contribution in [-0.4, -0.2) is 52.3 Å². The van der Waals surface area contributed by atoms with E-state index in [1.54, 1.807) is 48.4 Å². The van der Waals surface area contributed by atoms with Crippen molar-refractivity contribution < 1.29 is 9.59 Å². The number of benzene rings is 1. The molecule has 1 aromatic heterocycles. The molecule has 1 fully saturated rings. The molecule has 1 aliphatic heterocycles. The lowest BCUT2D eigenvalue weighted by Gasteiger charge is -2.39. The van der Waals surface area contributed by atoms with Crippen LogP contribution in [0.3, 0.4) is 0 Å². The number of nitrogens with zero attached hydrogens (tertiary/aromatic N) is 4. The predicted molar refractivity (Wildman–Crippen MR) is 106 cm³/mol. The number of piperazine rings is 1. The van der Waals surface area contributed by atoms with Gasteiger partial charge >= 0.3 is 0 Å². The first kappa shape index (κ1) is 19.6. The van der Waals surface area contributed by atoms with E-state index >= 15 is 0 Å². The molecule has 0 spiro atoms. The molecule has 1 aromatic carbocycles. The minimum atomic E-state index is -0.492. The quantitative estimate of drug-likeness (QED) is 0.822. The van der Waals surface area contributed by atoms with E-state index < -0.39 is 6.04 Å². The Morgan fingerprint density at radius 2 is 2.07 bits per heavy atom. The van der Waals surface area contributed by atoms with E-state index in [-0.39, 0.29) is 11.8 Å². The van der Waals surface area contributed by atoms with Crippen molar-refractivity contribution in [2.75, 3.05) is 19.6 Å². The molecule has 0 radical (unpaired) electrons. The van der Waals surface area contributed by atoms with Crippen molar-refractivity contribution in [3.05, 3.63) is 53.7 Å². The summed E-state index contributed by atoms with van der Waals surface area (Å²) in [6.45, 7) is 7.70. The Morgan fingerprint density at radius 3 is 2.79 bits per heavy atom. The van der Waals surface area contributed by atoms with Crippen molar-refractivity contribution in [3.63, 3.8) is 0 Å². The van der Waals surface area contributed by atoms with Crippen LogP contribution >= 0.6 is 0 Å². The van der Waals surface area contributed by atoms with Gasteiger partial charge in [0, 0.05) is 37.0 Å². The van der Waals surface area contributed by atoms with Crippen LogP contribution in [0.25, 0.3) is 11.3 Å². The van der Waals surface area contributed by atoms with Crippen LogP contribution in [0, 0.1) is 17.2 Å². The Hall–Kier alpha value is -3.20. The molecule has 6 heteroatoms. The molecule has 0 saturated carbocycles. The topological polar surface area (TPSA) is 77.3 Å². The number of hydrogen-bond acceptors (Lipinski definition) is 4. The molecule has 0 unspecified atom stereocenters. The summed E-state index contributed by atoms with van der Waals surface area (Å²) < 4.78 is 0. The van der Waals surface area contributed by atoms with E-state index in [4.69, 9.17) is 0 Å². The summed E-state index contributed by atoms with van der Waals surface area (Å²) in [7, 11) is 0. The van der Waals surface area contributed by atoms with Crippen molar-refractivity contribution in [1.29, 1.82) is 5.26 Å². The van der Waals surface area contributed by atoms with Crippen molar-refractivity contribution in [2.24, 2.45) is 5.92 Å². The van der Waals surface area contributed by atoms with Crippen LogP contribution in [0.2, 0.25) is 0 Å². The second-order valence-corrected chi connectivity index (χ2v) is 7.44. The van der Waals surface area contributed by atoms with Gasteiger partial charge in [-0.15, -0.1) is 0 Å². The maximum Gasteiger partial charge on any atom is 0.254 e. The van der Waals surface area contributed by atoms with E-state index in [0.29, 0.717) is 47.9 Å². The molecule has 3 rings (SSSR count). The Kier molecular flexibility index (Phi) is 5.74. The Bertz CT molecular complexity index is 932. The van der Waals surface area contributed by atoms with Gasteiger partial charge in [0.2, 0.25) is 5.91 Å². The summed E-state index contributed by atoms with van der Waals surface area (Å²) in [5, 5.41) is 9.31. The number of amides is 2. The summed E-state index contributed by atoms with van der Waals surface area (Å²) in [4.78, 5) is 33.5. The summed E-state index contributed by atoms with van der Waals surface area (Å²) in [6, 6.07) is 12.1. The number of rotatable bonds is 4. The van der Waals surface area contributed by atoms with Gasteiger partial charge in [0.25, 0.3) is 5.91 Å². The van der Waals surface area contributed by atoms with Gasteiger partial charge in [-0.1, -0.05) is 26.0 Å². The fourth-order valence-corrected chi connectivity index (χ4v) is 3.52. The van der Waals surface area contributed by atoms with E-state index in [1.165, 1.54) is 0 Å². The van der Waals surface area contributed by atoms with Crippen molar-refractivity contribution in [1.82, 2.24) is 14.8 Å². The predicted octanol–water partition coefficient (Wildman–Crippen LogP) is 2.95. The highest BCUT2D eigenvalue weighted by Gasteiger charge is 2.34. The lowest BCUT2D eigenvalue weighted by atomic mass is 10.0. The summed E-state index contributed by atoms with van der Waals surface area (Å²) >= 11 is 0. The minimum absolute atomic E-state index is 0.0130. The molecular weight excluding hydrogens is 352 g/mol. The van der Waals surface area contributed by atoms with Gasteiger partial charge < -0.3 is 9.80 Å². The number of carbonyl (C=O) groups is 2. The van der Waals surface area contributed by atoms with E-state index in [0.717, 1.165) is 0 Å². The van der Waals surface area contributed by atoms with Crippen LogP contribution < -0.4 is 0 Å². The zero-order valence-electron chi connectivity index (χ0n) is 16.4. The first-order valence-electron chi connectivity index (χ1n) is 9.47. The van der Waals surface area contributed by atoms with Crippen LogP contribution in [0.15, 0.2) is 42.6 Å². The lowest BCUT2D eigenvalue weighted by Crippen LogP contribution is -2.58. The van der Waals surface area contributed by atoms with Gasteiger partial charge in [0.1, 0.15) is 12.1 Å². The molecular formula is C22H24N4O2. The zero-order valence-corrected chi connectivity index (χ0v) is 16.4. The monoisotopic (exact) mass is 376 g/mol. The normalized spacial score (nSPS) is 17.0. The van der Waals surface area contributed by atoms with Crippen LogP contribution in [-0.2, 0) is 4.79 Å². The van der Waals surface area contributed by atoms with Gasteiger partial charge in [-0.05, 0) is 37.1 Å². The first-order valence-corrected chi connectivity index (χ1v) is 9.47. The third-order valence-corrected chi connectivity index (χ3v) is 4.90. The van der Waals surface area contributed by atoms with Gasteiger partial charge in [-0.3, -0.25) is 14.6 Å². The number of nitriles is 1. The van der Waals surface area contributed by atoms with Crippen molar-refractivity contribution in [2.45, 2.75) is 26.8 Å². The Morgan fingerprint density at radius 1 is 1.29 bits per heavy atom. The van der Waals surface area contributed by atoms with Crippen molar-refractivity contribution >= 4 is 11.8 Å². The molecule has 0 aliphatic carbocycles. The van der Waals surface area contributed by atoms with Crippen molar-refractivity contribution in [3.8, 4) is 17.3 Å². The summed E-state index contributed by atoms with van der Waals surface area (Å²) in [6.07, 6.45) is 1.62. The summed E-state index contributed by atoms with van der Waals surface area (Å²) in [5.74, 6) is 0.199. The average molecular weight is 376 g/mol. The molecule has 0 bridgehead atoms. The maximum absolute atomic E-state index is 13.1. The van der Waals surface area contributed by atoms with Crippen LogP contribution in [0.5, 0.6) is 0 Å². The molecule has 2 heterocycles. The van der Waals surface area contributed by atoms with E-state index in [2.05, 4.69) is 24.9 Å². The molecule has 1 aliphatic rings. The molecule has 2 amide bonds. The zero-order chi connectivity index (χ0) is 20.3. The molecule has 0 N–H and O–H groups in total. The number of hydrogen-bond donors (Lipinski definition) is 0. The molecule has 1 atom stereocenters. The largest absolute Gasteiger partial charge is 0.339 e. The SMILES string of the molecule is CC(C)CN1CCN(C(=O)c2cccc(-c3ncccc3C#N)c2)[C@@H](C)C1=O. The number of aromatic nitrogens is 1. The molecule has 1 saturated heterocycles. The maximum atomic E-state index is 13.1. The molecule has 6 nitrogen and oxygen atoms in total. The molecule has 2 aromatic rings. The van der Waals surface area contributed by atoms with Crippen LogP contribution in [0.4, 0.5) is 0 Å². The molecule has 28 heavy (non-hydrogen) atoms. The number of pyridine rings is 1. The van der Waals surface area contributed by atoms with Crippen LogP contribution in [0.1, 0.15) is 36.7 Å². The standard InChI is InChI=1S/C22H24N4O2/c1-15(2)14-25-10-11-26(16(3)21(25)27)22(28)18-7-4-6-17(12-18)20-19(13-23)8-5-9-24-20/h4-9,12,15-16H,10-11,14H2,1-3H3/t16-/m0/s1. The Labute approximate surface area is 165 Å². The second-order valence-electron chi connectivity index (χ2n) is 7.44. The van der Waals surface area contributed by atoms with Gasteiger partial charge in [-0.2, -0.15) is 5.26 Å². The Balaban J connectivity index is 1.84. The molecule has 144 valence electrons. The van der Waals surface area contributed by atoms with E-state index in [1.807, 2.05) is 11.0 Å². The fraction of sp³-hybridized carbons (Fsp3) is 0.364. The minimum Gasteiger partial charge on any atom is -0.339 e. The third kappa shape index (κ3) is 3.89.